The second-order valence-electron chi connectivity index (χ2n) is 4.35. The van der Waals surface area contributed by atoms with Crippen LogP contribution in [0, 0.1) is 0 Å². The Kier molecular flexibility index (Phi) is 3.67. The van der Waals surface area contributed by atoms with E-state index >= 15 is 0 Å². The molecule has 2 rings (SSSR count). The maximum Gasteiger partial charge on any atom is 0.0931 e. The average molecular weight is 245 g/mol. The highest BCUT2D eigenvalue weighted by atomic mass is 35.5. The molecule has 0 spiro atoms. The Morgan fingerprint density at radius 1 is 1.47 bits per heavy atom. The summed E-state index contributed by atoms with van der Waals surface area (Å²) in [6.07, 6.45) is 4.78. The molecule has 0 aliphatic heterocycles. The van der Waals surface area contributed by atoms with Crippen molar-refractivity contribution in [3.63, 3.8) is 0 Å². The normalized spacial score (nSPS) is 18.8. The zero-order valence-electron chi connectivity index (χ0n) is 8.76. The van der Waals surface area contributed by atoms with E-state index in [4.69, 9.17) is 17.3 Å². The van der Waals surface area contributed by atoms with Crippen molar-refractivity contribution in [3.8, 4) is 0 Å². The Balaban J connectivity index is 1.63. The molecule has 0 aromatic carbocycles. The molecule has 0 unspecified atom stereocenters. The summed E-state index contributed by atoms with van der Waals surface area (Å²) in [5, 5.41) is 3.41. The first kappa shape index (κ1) is 11.4. The summed E-state index contributed by atoms with van der Waals surface area (Å²) in [5.74, 6) is 0. The standard InChI is InChI=1S/C11H17ClN2S/c12-10-3-2-9(15-10)8-14-7-6-11(13)4-1-5-11/h2-3,14H,1,4-8,13H2. The molecule has 0 atom stereocenters. The van der Waals surface area contributed by atoms with Gasteiger partial charge in [0.25, 0.3) is 0 Å². The smallest absolute Gasteiger partial charge is 0.0931 e. The van der Waals surface area contributed by atoms with Gasteiger partial charge in [-0.2, -0.15) is 0 Å². The Morgan fingerprint density at radius 2 is 2.27 bits per heavy atom. The van der Waals surface area contributed by atoms with E-state index in [-0.39, 0.29) is 5.54 Å². The van der Waals surface area contributed by atoms with Gasteiger partial charge in [0.15, 0.2) is 0 Å². The van der Waals surface area contributed by atoms with Gasteiger partial charge in [-0.3, -0.25) is 0 Å². The zero-order valence-corrected chi connectivity index (χ0v) is 10.3. The highest BCUT2D eigenvalue weighted by Gasteiger charge is 2.31. The molecule has 1 aromatic heterocycles. The Labute approximate surface area is 99.8 Å². The fourth-order valence-electron chi connectivity index (χ4n) is 1.88. The van der Waals surface area contributed by atoms with Gasteiger partial charge in [0.05, 0.1) is 4.34 Å². The second-order valence-corrected chi connectivity index (χ2v) is 6.15. The summed E-state index contributed by atoms with van der Waals surface area (Å²) in [6, 6.07) is 4.02. The van der Waals surface area contributed by atoms with Gasteiger partial charge in [0, 0.05) is 17.0 Å². The van der Waals surface area contributed by atoms with Gasteiger partial charge in [0.2, 0.25) is 0 Å². The summed E-state index contributed by atoms with van der Waals surface area (Å²) in [6.45, 7) is 1.92. The van der Waals surface area contributed by atoms with E-state index in [1.54, 1.807) is 11.3 Å². The van der Waals surface area contributed by atoms with Crippen LogP contribution in [0.1, 0.15) is 30.6 Å². The van der Waals surface area contributed by atoms with Crippen molar-refractivity contribution in [2.75, 3.05) is 6.54 Å². The van der Waals surface area contributed by atoms with Crippen LogP contribution in [0.4, 0.5) is 0 Å². The molecule has 15 heavy (non-hydrogen) atoms. The van der Waals surface area contributed by atoms with Crippen molar-refractivity contribution in [2.24, 2.45) is 5.73 Å². The molecule has 4 heteroatoms. The van der Waals surface area contributed by atoms with Crippen molar-refractivity contribution >= 4 is 22.9 Å². The first-order valence-electron chi connectivity index (χ1n) is 5.42. The van der Waals surface area contributed by atoms with Gasteiger partial charge in [-0.1, -0.05) is 11.6 Å². The third-order valence-corrected chi connectivity index (χ3v) is 4.31. The predicted molar refractivity (Wildman–Crippen MR) is 66.4 cm³/mol. The summed E-state index contributed by atoms with van der Waals surface area (Å²) in [5.41, 5.74) is 6.27. The van der Waals surface area contributed by atoms with Crippen molar-refractivity contribution in [1.82, 2.24) is 5.32 Å². The van der Waals surface area contributed by atoms with Gasteiger partial charge in [-0.05, 0) is 44.4 Å². The molecule has 0 saturated heterocycles. The number of thiophene rings is 1. The maximum absolute atomic E-state index is 6.13. The van der Waals surface area contributed by atoms with Crippen LogP contribution in [0.15, 0.2) is 12.1 Å². The largest absolute Gasteiger partial charge is 0.325 e. The monoisotopic (exact) mass is 244 g/mol. The lowest BCUT2D eigenvalue weighted by molar-refractivity contribution is 0.229. The van der Waals surface area contributed by atoms with Gasteiger partial charge < -0.3 is 11.1 Å². The molecular formula is C11H17ClN2S. The lowest BCUT2D eigenvalue weighted by atomic mass is 9.75. The van der Waals surface area contributed by atoms with Crippen molar-refractivity contribution < 1.29 is 0 Å². The number of hydrogen-bond donors (Lipinski definition) is 2. The third kappa shape index (κ3) is 3.18. The van der Waals surface area contributed by atoms with E-state index in [1.807, 2.05) is 6.07 Å². The minimum absolute atomic E-state index is 0.139. The van der Waals surface area contributed by atoms with Crippen LogP contribution in [0.2, 0.25) is 4.34 Å². The number of halogens is 1. The van der Waals surface area contributed by atoms with E-state index in [2.05, 4.69) is 11.4 Å². The average Bonchev–Trinajstić information content (AvgIpc) is 2.56. The molecule has 1 aliphatic carbocycles. The van der Waals surface area contributed by atoms with Crippen LogP contribution in [0.5, 0.6) is 0 Å². The molecule has 0 radical (unpaired) electrons. The lowest BCUT2D eigenvalue weighted by Crippen LogP contribution is -2.48. The molecule has 0 bridgehead atoms. The van der Waals surface area contributed by atoms with Crippen LogP contribution in [0.25, 0.3) is 0 Å². The molecule has 1 fully saturated rings. The van der Waals surface area contributed by atoms with Gasteiger partial charge in [-0.15, -0.1) is 11.3 Å². The van der Waals surface area contributed by atoms with E-state index < -0.39 is 0 Å². The fraction of sp³-hybridized carbons (Fsp3) is 0.636. The van der Waals surface area contributed by atoms with Crippen LogP contribution < -0.4 is 11.1 Å². The number of nitrogens with two attached hydrogens (primary N) is 1. The minimum Gasteiger partial charge on any atom is -0.325 e. The molecule has 84 valence electrons. The van der Waals surface area contributed by atoms with E-state index in [0.29, 0.717) is 0 Å². The zero-order chi connectivity index (χ0) is 10.7. The quantitative estimate of drug-likeness (QED) is 0.782. The molecule has 1 saturated carbocycles. The molecule has 1 heterocycles. The van der Waals surface area contributed by atoms with Crippen molar-refractivity contribution in [2.45, 2.75) is 37.8 Å². The predicted octanol–water partition coefficient (Wildman–Crippen LogP) is 2.76. The molecule has 1 aliphatic rings. The number of nitrogens with one attached hydrogen (secondary N) is 1. The summed E-state index contributed by atoms with van der Waals surface area (Å²) in [4.78, 5) is 1.29. The van der Waals surface area contributed by atoms with Crippen LogP contribution >= 0.6 is 22.9 Å². The molecule has 1 aromatic rings. The van der Waals surface area contributed by atoms with Gasteiger partial charge in [0.1, 0.15) is 0 Å². The van der Waals surface area contributed by atoms with Gasteiger partial charge in [-0.25, -0.2) is 0 Å². The lowest BCUT2D eigenvalue weighted by Gasteiger charge is -2.38. The number of hydrogen-bond acceptors (Lipinski definition) is 3. The highest BCUT2D eigenvalue weighted by molar-refractivity contribution is 7.16. The van der Waals surface area contributed by atoms with Crippen LogP contribution in [-0.2, 0) is 6.54 Å². The molecule has 0 amide bonds. The first-order chi connectivity index (χ1) is 7.18. The Morgan fingerprint density at radius 3 is 2.80 bits per heavy atom. The van der Waals surface area contributed by atoms with Crippen LogP contribution in [0.3, 0.4) is 0 Å². The Bertz CT molecular complexity index is 320. The van der Waals surface area contributed by atoms with E-state index in [0.717, 1.165) is 23.8 Å². The molecule has 3 N–H and O–H groups in total. The summed E-state index contributed by atoms with van der Waals surface area (Å²) in [7, 11) is 0. The summed E-state index contributed by atoms with van der Waals surface area (Å²) >= 11 is 7.49. The third-order valence-electron chi connectivity index (χ3n) is 3.08. The highest BCUT2D eigenvalue weighted by Crippen LogP contribution is 2.31. The SMILES string of the molecule is NC1(CCNCc2ccc(Cl)s2)CCC1. The molecular weight excluding hydrogens is 228 g/mol. The van der Waals surface area contributed by atoms with Gasteiger partial charge >= 0.3 is 0 Å². The second kappa shape index (κ2) is 4.83. The Hall–Kier alpha value is -0.0900. The maximum atomic E-state index is 6.13. The van der Waals surface area contributed by atoms with Crippen LogP contribution in [-0.4, -0.2) is 12.1 Å². The minimum atomic E-state index is 0.139. The molecule has 2 nitrogen and oxygen atoms in total. The number of rotatable bonds is 5. The fourth-order valence-corrected chi connectivity index (χ4v) is 2.93. The van der Waals surface area contributed by atoms with E-state index in [9.17, 15) is 0 Å². The van der Waals surface area contributed by atoms with E-state index in [1.165, 1.54) is 24.1 Å². The topological polar surface area (TPSA) is 38.0 Å². The van der Waals surface area contributed by atoms with Crippen molar-refractivity contribution in [3.05, 3.63) is 21.3 Å². The van der Waals surface area contributed by atoms with Crippen molar-refractivity contribution in [1.29, 1.82) is 0 Å². The summed E-state index contributed by atoms with van der Waals surface area (Å²) < 4.78 is 0.862. The first-order valence-corrected chi connectivity index (χ1v) is 6.61.